The van der Waals surface area contributed by atoms with Crippen LogP contribution in [0.3, 0.4) is 0 Å². The summed E-state index contributed by atoms with van der Waals surface area (Å²) in [5, 5.41) is 19.2. The molecule has 0 unspecified atom stereocenters. The van der Waals surface area contributed by atoms with Crippen molar-refractivity contribution in [2.75, 3.05) is 0 Å². The van der Waals surface area contributed by atoms with Crippen LogP contribution in [0.15, 0.2) is 77.7 Å². The van der Waals surface area contributed by atoms with Crippen LogP contribution in [0.25, 0.3) is 18.2 Å². The number of imide groups is 1. The van der Waals surface area contributed by atoms with Gasteiger partial charge in [0.15, 0.2) is 11.5 Å². The lowest BCUT2D eigenvalue weighted by Gasteiger charge is -2.12. The van der Waals surface area contributed by atoms with Crippen LogP contribution in [0.1, 0.15) is 22.3 Å². The third kappa shape index (κ3) is 4.70. The average Bonchev–Trinajstić information content (AvgIpc) is 3.04. The van der Waals surface area contributed by atoms with Gasteiger partial charge in [-0.3, -0.25) is 14.5 Å². The molecule has 4 rings (SSSR count). The smallest absolute Gasteiger partial charge is 0.293 e. The summed E-state index contributed by atoms with van der Waals surface area (Å²) in [6.07, 6.45) is 5.44. The van der Waals surface area contributed by atoms with Crippen LogP contribution < -0.4 is 0 Å². The Hall–Kier alpha value is -3.77. The number of rotatable bonds is 5. The predicted molar refractivity (Wildman–Crippen MR) is 123 cm³/mol. The molecule has 0 radical (unpaired) electrons. The molecule has 1 saturated heterocycles. The van der Waals surface area contributed by atoms with Crippen molar-refractivity contribution in [3.8, 4) is 11.5 Å². The highest BCUT2D eigenvalue weighted by Gasteiger charge is 2.35. The Balaban J connectivity index is 1.46. The number of thioether (sulfide) groups is 1. The number of phenols is 2. The maximum absolute atomic E-state index is 12.7. The van der Waals surface area contributed by atoms with Gasteiger partial charge in [0, 0.05) is 5.56 Å². The second kappa shape index (κ2) is 8.93. The number of benzene rings is 3. The molecule has 2 amide bonds. The van der Waals surface area contributed by atoms with Crippen LogP contribution in [0.4, 0.5) is 4.79 Å². The summed E-state index contributed by atoms with van der Waals surface area (Å²) < 4.78 is 0. The van der Waals surface area contributed by atoms with Crippen LogP contribution in [0, 0.1) is 0 Å². The molecule has 31 heavy (non-hydrogen) atoms. The van der Waals surface area contributed by atoms with Gasteiger partial charge in [-0.1, -0.05) is 78.9 Å². The van der Waals surface area contributed by atoms with Gasteiger partial charge in [-0.05, 0) is 40.6 Å². The minimum Gasteiger partial charge on any atom is -0.504 e. The van der Waals surface area contributed by atoms with Crippen molar-refractivity contribution < 1.29 is 19.8 Å². The van der Waals surface area contributed by atoms with Gasteiger partial charge >= 0.3 is 0 Å². The maximum Gasteiger partial charge on any atom is 0.293 e. The molecule has 1 aliphatic rings. The summed E-state index contributed by atoms with van der Waals surface area (Å²) in [6.45, 7) is 0.163. The largest absolute Gasteiger partial charge is 0.504 e. The second-order valence-electron chi connectivity index (χ2n) is 6.97. The first-order valence-corrected chi connectivity index (χ1v) is 10.4. The fourth-order valence-corrected chi connectivity index (χ4v) is 3.95. The predicted octanol–water partition coefficient (Wildman–Crippen LogP) is 5.50. The van der Waals surface area contributed by atoms with Crippen molar-refractivity contribution >= 4 is 41.1 Å². The van der Waals surface area contributed by atoms with Crippen LogP contribution >= 0.6 is 11.8 Å². The first-order valence-electron chi connectivity index (χ1n) is 9.59. The van der Waals surface area contributed by atoms with E-state index in [1.165, 1.54) is 17.0 Å². The van der Waals surface area contributed by atoms with E-state index < -0.39 is 5.91 Å². The number of aromatic hydroxyl groups is 2. The van der Waals surface area contributed by atoms with Gasteiger partial charge in [-0.25, -0.2) is 0 Å². The Bertz CT molecular complexity index is 1180. The minimum absolute atomic E-state index is 0.163. The molecule has 1 aliphatic heterocycles. The number of carbonyl (C=O) groups excluding carboxylic acids is 2. The maximum atomic E-state index is 12.7. The van der Waals surface area contributed by atoms with Gasteiger partial charge in [0.1, 0.15) is 0 Å². The zero-order valence-corrected chi connectivity index (χ0v) is 17.3. The molecule has 0 aliphatic carbocycles. The Labute approximate surface area is 184 Å². The number of para-hydroxylation sites is 1. The quantitative estimate of drug-likeness (QED) is 0.318. The van der Waals surface area contributed by atoms with Gasteiger partial charge in [-0.15, -0.1) is 0 Å². The van der Waals surface area contributed by atoms with E-state index >= 15 is 0 Å². The zero-order chi connectivity index (χ0) is 21.8. The molecule has 1 fully saturated rings. The molecule has 6 heteroatoms. The molecule has 3 aromatic rings. The number of hydrogen-bond acceptors (Lipinski definition) is 5. The molecule has 0 aromatic heterocycles. The van der Waals surface area contributed by atoms with Gasteiger partial charge in [0.2, 0.25) is 0 Å². The highest BCUT2D eigenvalue weighted by Crippen LogP contribution is 2.36. The number of carbonyl (C=O) groups is 2. The average molecular weight is 429 g/mol. The summed E-state index contributed by atoms with van der Waals surface area (Å²) in [4.78, 5) is 26.5. The first kappa shape index (κ1) is 20.5. The summed E-state index contributed by atoms with van der Waals surface area (Å²) >= 11 is 0.814. The number of hydrogen-bond donors (Lipinski definition) is 2. The third-order valence-electron chi connectivity index (χ3n) is 4.79. The molecule has 3 aromatic carbocycles. The standard InChI is InChI=1S/C25H19NO4S/c27-21-8-4-7-20(23(21)28)15-22-24(29)26(25(30)31-22)16-19-13-11-18(12-14-19)10-9-17-5-2-1-3-6-17/h1-15,27-28H,16H2. The van der Waals surface area contributed by atoms with Crippen LogP contribution in [-0.2, 0) is 11.3 Å². The molecule has 0 spiro atoms. The van der Waals surface area contributed by atoms with Crippen molar-refractivity contribution in [2.45, 2.75) is 6.54 Å². The van der Waals surface area contributed by atoms with Crippen LogP contribution in [0.5, 0.6) is 11.5 Å². The zero-order valence-electron chi connectivity index (χ0n) is 16.4. The van der Waals surface area contributed by atoms with Gasteiger partial charge < -0.3 is 10.2 Å². The Morgan fingerprint density at radius 2 is 1.48 bits per heavy atom. The summed E-state index contributed by atoms with van der Waals surface area (Å²) in [7, 11) is 0. The molecule has 0 atom stereocenters. The van der Waals surface area contributed by atoms with Crippen molar-refractivity contribution in [1.29, 1.82) is 0 Å². The molecular formula is C25H19NO4S. The molecule has 2 N–H and O–H groups in total. The van der Waals surface area contributed by atoms with E-state index in [0.29, 0.717) is 0 Å². The lowest BCUT2D eigenvalue weighted by Crippen LogP contribution is -2.27. The van der Waals surface area contributed by atoms with E-state index in [1.54, 1.807) is 12.1 Å². The molecule has 154 valence electrons. The second-order valence-corrected chi connectivity index (χ2v) is 7.96. The van der Waals surface area contributed by atoms with Gasteiger partial charge in [0.05, 0.1) is 11.4 Å². The van der Waals surface area contributed by atoms with E-state index in [0.717, 1.165) is 28.5 Å². The van der Waals surface area contributed by atoms with Gasteiger partial charge in [0.25, 0.3) is 11.1 Å². The van der Waals surface area contributed by atoms with Crippen molar-refractivity contribution in [3.05, 3.63) is 100.0 Å². The fourth-order valence-electron chi connectivity index (χ4n) is 3.12. The van der Waals surface area contributed by atoms with E-state index in [2.05, 4.69) is 0 Å². The van der Waals surface area contributed by atoms with E-state index in [-0.39, 0.29) is 33.8 Å². The normalized spacial score (nSPS) is 15.4. The Morgan fingerprint density at radius 3 is 2.19 bits per heavy atom. The van der Waals surface area contributed by atoms with Crippen molar-refractivity contribution in [3.63, 3.8) is 0 Å². The SMILES string of the molecule is O=C1SC(=Cc2cccc(O)c2O)C(=O)N1Cc1ccc(C=Cc2ccccc2)cc1. The third-order valence-corrected chi connectivity index (χ3v) is 5.70. The van der Waals surface area contributed by atoms with E-state index in [9.17, 15) is 19.8 Å². The summed E-state index contributed by atoms with van der Waals surface area (Å²) in [5.74, 6) is -1.03. The van der Waals surface area contributed by atoms with Crippen LogP contribution in [-0.4, -0.2) is 26.3 Å². The first-order chi connectivity index (χ1) is 15.0. The molecule has 0 bridgehead atoms. The van der Waals surface area contributed by atoms with Gasteiger partial charge in [-0.2, -0.15) is 0 Å². The number of phenolic OH excluding ortho intramolecular Hbond substituents is 2. The molecule has 1 heterocycles. The number of nitrogens with zero attached hydrogens (tertiary/aromatic N) is 1. The van der Waals surface area contributed by atoms with Crippen molar-refractivity contribution in [1.82, 2.24) is 4.90 Å². The number of amides is 2. The monoisotopic (exact) mass is 429 g/mol. The fraction of sp³-hybridized carbons (Fsp3) is 0.0400. The molecule has 0 saturated carbocycles. The van der Waals surface area contributed by atoms with Crippen LogP contribution in [0.2, 0.25) is 0 Å². The molecular weight excluding hydrogens is 410 g/mol. The highest BCUT2D eigenvalue weighted by atomic mass is 32.2. The lowest BCUT2D eigenvalue weighted by molar-refractivity contribution is -0.123. The summed E-state index contributed by atoms with van der Waals surface area (Å²) in [6, 6.07) is 22.1. The van der Waals surface area contributed by atoms with Crippen molar-refractivity contribution in [2.24, 2.45) is 0 Å². The Morgan fingerprint density at radius 1 is 0.806 bits per heavy atom. The lowest BCUT2D eigenvalue weighted by atomic mass is 10.1. The summed E-state index contributed by atoms with van der Waals surface area (Å²) in [5.41, 5.74) is 3.23. The minimum atomic E-state index is -0.425. The van der Waals surface area contributed by atoms with E-state index in [1.807, 2.05) is 66.7 Å². The topological polar surface area (TPSA) is 77.8 Å². The molecule has 5 nitrogen and oxygen atoms in total. The van der Waals surface area contributed by atoms with E-state index in [4.69, 9.17) is 0 Å². The Kier molecular flexibility index (Phi) is 5.91. The highest BCUT2D eigenvalue weighted by molar-refractivity contribution is 8.18.